The number of halogens is 2. The van der Waals surface area contributed by atoms with Crippen molar-refractivity contribution in [3.63, 3.8) is 0 Å². The third kappa shape index (κ3) is 8.59. The zero-order valence-electron chi connectivity index (χ0n) is 23.9. The van der Waals surface area contributed by atoms with Gasteiger partial charge in [-0.1, -0.05) is 113 Å². The predicted octanol–water partition coefficient (Wildman–Crippen LogP) is 10.4. The summed E-state index contributed by atoms with van der Waals surface area (Å²) in [4.78, 5) is 4.88. The smallest absolute Gasteiger partial charge is 0.244 e. The second-order valence-corrected chi connectivity index (χ2v) is 13.5. The van der Waals surface area contributed by atoms with Gasteiger partial charge in [0.15, 0.2) is 0 Å². The van der Waals surface area contributed by atoms with E-state index in [9.17, 15) is 0 Å². The quantitative estimate of drug-likeness (QED) is 0.122. The molecule has 7 heteroatoms. The molecule has 1 unspecified atom stereocenters. The van der Waals surface area contributed by atoms with Crippen LogP contribution in [0.4, 0.5) is 0 Å². The Kier molecular flexibility index (Phi) is 10.4. The highest BCUT2D eigenvalue weighted by molar-refractivity contribution is 7.99. The Morgan fingerprint density at radius 2 is 1.23 bits per heavy atom. The molecule has 0 aliphatic heterocycles. The van der Waals surface area contributed by atoms with Gasteiger partial charge in [-0.25, -0.2) is 9.13 Å². The fourth-order valence-electron chi connectivity index (χ4n) is 4.81. The second kappa shape index (κ2) is 15.0. The normalized spacial score (nSPS) is 11.9. The van der Waals surface area contributed by atoms with Crippen LogP contribution in [0.2, 0.25) is 10.0 Å². The van der Waals surface area contributed by atoms with Crippen LogP contribution in [0.15, 0.2) is 166 Å². The van der Waals surface area contributed by atoms with E-state index < -0.39 is 0 Å². The number of benzene rings is 5. The molecule has 6 aromatic rings. The van der Waals surface area contributed by atoms with E-state index in [0.29, 0.717) is 23.2 Å². The van der Waals surface area contributed by atoms with Gasteiger partial charge < -0.3 is 4.74 Å². The van der Waals surface area contributed by atoms with Gasteiger partial charge in [0.1, 0.15) is 31.6 Å². The first-order valence-electron chi connectivity index (χ1n) is 14.3. The van der Waals surface area contributed by atoms with Gasteiger partial charge in [0.05, 0.1) is 6.61 Å². The second-order valence-electron chi connectivity index (χ2n) is 10.4. The van der Waals surface area contributed by atoms with Gasteiger partial charge in [-0.3, -0.25) is 0 Å². The third-order valence-electron chi connectivity index (χ3n) is 7.05. The summed E-state index contributed by atoms with van der Waals surface area (Å²) >= 11 is 16.4. The van der Waals surface area contributed by atoms with Crippen molar-refractivity contribution in [2.45, 2.75) is 45.4 Å². The van der Waals surface area contributed by atoms with Crippen molar-refractivity contribution in [1.82, 2.24) is 4.57 Å². The largest absolute Gasteiger partial charge is 0.365 e. The number of imidazole rings is 1. The Hall–Kier alpha value is -3.45. The summed E-state index contributed by atoms with van der Waals surface area (Å²) < 4.78 is 10.9. The number of hydrogen-bond acceptors (Lipinski definition) is 3. The Bertz CT molecular complexity index is 1780. The maximum Gasteiger partial charge on any atom is 0.244 e. The number of hydrogen-bond donors (Lipinski definition) is 0. The van der Waals surface area contributed by atoms with Gasteiger partial charge in [0.2, 0.25) is 6.33 Å². The van der Waals surface area contributed by atoms with Crippen LogP contribution in [-0.4, -0.2) is 4.57 Å². The van der Waals surface area contributed by atoms with E-state index in [2.05, 4.69) is 125 Å². The lowest BCUT2D eigenvalue weighted by Crippen LogP contribution is -2.31. The molecule has 1 atom stereocenters. The van der Waals surface area contributed by atoms with Crippen molar-refractivity contribution >= 4 is 46.7 Å². The molecule has 3 nitrogen and oxygen atoms in total. The summed E-state index contributed by atoms with van der Waals surface area (Å²) in [6, 6.07) is 43.7. The van der Waals surface area contributed by atoms with Gasteiger partial charge in [0.25, 0.3) is 0 Å². The van der Waals surface area contributed by atoms with Crippen LogP contribution < -0.4 is 4.57 Å². The van der Waals surface area contributed by atoms with Crippen LogP contribution in [0.25, 0.3) is 0 Å². The fraction of sp³-hybridized carbons (Fsp3) is 0.108. The summed E-state index contributed by atoms with van der Waals surface area (Å²) in [5, 5.41) is 1.21. The van der Waals surface area contributed by atoms with E-state index in [1.54, 1.807) is 29.6 Å². The summed E-state index contributed by atoms with van der Waals surface area (Å²) in [6.07, 6.45) is 6.03. The van der Waals surface area contributed by atoms with E-state index in [-0.39, 0.29) is 6.10 Å². The maximum absolute atomic E-state index is 6.66. The van der Waals surface area contributed by atoms with Gasteiger partial charge in [0, 0.05) is 35.2 Å². The van der Waals surface area contributed by atoms with Crippen molar-refractivity contribution in [3.05, 3.63) is 173 Å². The van der Waals surface area contributed by atoms with Crippen LogP contribution in [0.3, 0.4) is 0 Å². The molecule has 0 fully saturated rings. The standard InChI is InChI=1S/C37H31Cl2N2OS2/c38-30-15-20-35(36(39)23-30)37(42-26-29-13-18-34(19-14-29)44-32-9-5-2-6-10-32)25-41-22-21-40(27-41)24-28-11-16-33(17-12-28)43-31-7-3-1-4-8-31/h1-23,27,37H,24-26H2/q+1. The topological polar surface area (TPSA) is 18.0 Å². The third-order valence-corrected chi connectivity index (χ3v) is 9.65. The number of aromatic nitrogens is 2. The Morgan fingerprint density at radius 1 is 0.659 bits per heavy atom. The summed E-state index contributed by atoms with van der Waals surface area (Å²) in [5.74, 6) is 0. The maximum atomic E-state index is 6.66. The average molecular weight is 655 g/mol. The fourth-order valence-corrected chi connectivity index (χ4v) is 7.01. The molecular weight excluding hydrogens is 623 g/mol. The highest BCUT2D eigenvalue weighted by atomic mass is 35.5. The molecule has 0 spiro atoms. The molecule has 0 bridgehead atoms. The van der Waals surface area contributed by atoms with E-state index >= 15 is 0 Å². The molecular formula is C37H31Cl2N2OS2+. The van der Waals surface area contributed by atoms with Crippen LogP contribution >= 0.6 is 46.7 Å². The average Bonchev–Trinajstić information content (AvgIpc) is 3.49. The van der Waals surface area contributed by atoms with Crippen molar-refractivity contribution in [2.75, 3.05) is 0 Å². The Morgan fingerprint density at radius 3 is 1.82 bits per heavy atom. The van der Waals surface area contributed by atoms with Gasteiger partial charge >= 0.3 is 0 Å². The first-order chi connectivity index (χ1) is 21.6. The van der Waals surface area contributed by atoms with Crippen molar-refractivity contribution in [1.29, 1.82) is 0 Å². The Balaban J connectivity index is 1.11. The van der Waals surface area contributed by atoms with E-state index in [0.717, 1.165) is 17.7 Å². The zero-order chi connectivity index (χ0) is 30.1. The van der Waals surface area contributed by atoms with Crippen LogP contribution in [0.5, 0.6) is 0 Å². The minimum absolute atomic E-state index is 0.256. The molecule has 5 aromatic carbocycles. The Labute approximate surface area is 277 Å². The van der Waals surface area contributed by atoms with E-state index in [4.69, 9.17) is 27.9 Å². The first-order valence-corrected chi connectivity index (χ1v) is 16.7. The summed E-state index contributed by atoms with van der Waals surface area (Å²) in [5.41, 5.74) is 3.26. The number of rotatable bonds is 12. The van der Waals surface area contributed by atoms with Gasteiger partial charge in [-0.05, 0) is 71.8 Å². The summed E-state index contributed by atoms with van der Waals surface area (Å²) in [6.45, 7) is 1.86. The molecule has 0 aliphatic rings. The molecule has 0 N–H and O–H groups in total. The molecule has 6 rings (SSSR count). The molecule has 44 heavy (non-hydrogen) atoms. The van der Waals surface area contributed by atoms with Crippen molar-refractivity contribution in [2.24, 2.45) is 0 Å². The van der Waals surface area contributed by atoms with E-state index in [1.165, 1.54) is 25.1 Å². The van der Waals surface area contributed by atoms with E-state index in [1.807, 2.05) is 24.3 Å². The van der Waals surface area contributed by atoms with Crippen molar-refractivity contribution in [3.8, 4) is 0 Å². The molecule has 0 aliphatic carbocycles. The molecule has 220 valence electrons. The molecule has 1 heterocycles. The lowest BCUT2D eigenvalue weighted by atomic mass is 10.1. The lowest BCUT2D eigenvalue weighted by Gasteiger charge is -2.18. The molecule has 0 radical (unpaired) electrons. The molecule has 0 amide bonds. The highest BCUT2D eigenvalue weighted by Gasteiger charge is 2.20. The van der Waals surface area contributed by atoms with Crippen LogP contribution in [0, 0.1) is 0 Å². The van der Waals surface area contributed by atoms with Crippen LogP contribution in [0.1, 0.15) is 22.8 Å². The zero-order valence-corrected chi connectivity index (χ0v) is 27.1. The number of nitrogens with zero attached hydrogens (tertiary/aromatic N) is 2. The highest BCUT2D eigenvalue weighted by Crippen LogP contribution is 2.32. The number of ether oxygens (including phenoxy) is 1. The summed E-state index contributed by atoms with van der Waals surface area (Å²) in [7, 11) is 0. The lowest BCUT2D eigenvalue weighted by molar-refractivity contribution is -0.687. The van der Waals surface area contributed by atoms with Gasteiger partial charge in [-0.2, -0.15) is 0 Å². The molecule has 0 saturated heterocycles. The minimum Gasteiger partial charge on any atom is -0.365 e. The monoisotopic (exact) mass is 653 g/mol. The minimum atomic E-state index is -0.256. The SMILES string of the molecule is Clc1ccc(C(Cn2cc[n+](Cc3ccc(Sc4ccccc4)cc3)c2)OCc2ccc(Sc3ccccc3)cc2)c(Cl)c1. The first kappa shape index (κ1) is 30.6. The van der Waals surface area contributed by atoms with Crippen LogP contribution in [-0.2, 0) is 24.4 Å². The van der Waals surface area contributed by atoms with Crippen molar-refractivity contribution < 1.29 is 9.30 Å². The molecule has 1 aromatic heterocycles. The van der Waals surface area contributed by atoms with Gasteiger partial charge in [-0.15, -0.1) is 0 Å². The predicted molar refractivity (Wildman–Crippen MR) is 182 cm³/mol. The molecule has 0 saturated carbocycles.